The molecule has 4 heterocycles. The summed E-state index contributed by atoms with van der Waals surface area (Å²) in [5, 5.41) is 25.0. The zero-order valence-corrected chi connectivity index (χ0v) is 34.2. The number of cyclic esters (lactones) is 1. The van der Waals surface area contributed by atoms with Crippen molar-refractivity contribution in [3.63, 3.8) is 0 Å². The van der Waals surface area contributed by atoms with Crippen LogP contribution in [0, 0.1) is 12.7 Å². The number of nitrogens with zero attached hydrogens (tertiary/aromatic N) is 2. The number of hydrogen-bond acceptors (Lipinski definition) is 12. The first-order valence-electron chi connectivity index (χ1n) is 20.3. The molecule has 0 radical (unpaired) electrons. The third-order valence-corrected chi connectivity index (χ3v) is 11.5. The normalized spacial score (nSPS) is 17.5. The van der Waals surface area contributed by atoms with E-state index in [2.05, 4.69) is 26.6 Å². The topological polar surface area (TPSA) is 262 Å². The van der Waals surface area contributed by atoms with Crippen LogP contribution in [0.4, 0.5) is 4.39 Å². The molecule has 18 nitrogen and oxygen atoms in total. The fourth-order valence-electron chi connectivity index (χ4n) is 8.27. The Bertz CT molecular complexity index is 2550. The molecular formula is C43H47FN8O10. The molecule has 0 spiro atoms. The van der Waals surface area contributed by atoms with Crippen molar-refractivity contribution < 1.29 is 47.7 Å². The van der Waals surface area contributed by atoms with Crippen LogP contribution in [0.1, 0.15) is 64.8 Å². The van der Waals surface area contributed by atoms with Gasteiger partial charge in [0.25, 0.3) is 5.56 Å². The van der Waals surface area contributed by atoms with Gasteiger partial charge in [-0.05, 0) is 54.5 Å². The summed E-state index contributed by atoms with van der Waals surface area (Å²) in [6.07, 6.45) is 0.952. The first kappa shape index (κ1) is 43.5. The van der Waals surface area contributed by atoms with Crippen molar-refractivity contribution in [2.45, 2.75) is 70.4 Å². The molecule has 7 rings (SSSR count). The van der Waals surface area contributed by atoms with Crippen molar-refractivity contribution in [3.05, 3.63) is 97.6 Å². The van der Waals surface area contributed by atoms with Crippen molar-refractivity contribution in [1.82, 2.24) is 36.1 Å². The second-order valence-electron chi connectivity index (χ2n) is 15.4. The van der Waals surface area contributed by atoms with Crippen LogP contribution in [0.15, 0.2) is 47.3 Å². The molecule has 2 aromatic carbocycles. The van der Waals surface area contributed by atoms with Crippen LogP contribution in [0.25, 0.3) is 22.3 Å². The number of nitrogens with one attached hydrogen (secondary N) is 5. The maximum atomic E-state index is 15.3. The number of aromatic nitrogens is 2. The van der Waals surface area contributed by atoms with Crippen LogP contribution < -0.4 is 37.9 Å². The number of ether oxygens (including phenoxy) is 2. The van der Waals surface area contributed by atoms with Gasteiger partial charge >= 0.3 is 5.97 Å². The number of carbonyl (C=O) groups is 6. The predicted molar refractivity (Wildman–Crippen MR) is 219 cm³/mol. The maximum absolute atomic E-state index is 15.3. The van der Waals surface area contributed by atoms with Crippen molar-refractivity contribution in [2.24, 2.45) is 5.73 Å². The van der Waals surface area contributed by atoms with Crippen molar-refractivity contribution in [3.8, 4) is 11.4 Å². The van der Waals surface area contributed by atoms with Crippen LogP contribution >= 0.6 is 0 Å². The number of pyridine rings is 2. The number of nitrogens with two attached hydrogens (primary N) is 1. The van der Waals surface area contributed by atoms with Gasteiger partial charge in [-0.15, -0.1) is 0 Å². The maximum Gasteiger partial charge on any atom is 0.343 e. The number of halogens is 1. The first-order valence-corrected chi connectivity index (χ1v) is 20.3. The summed E-state index contributed by atoms with van der Waals surface area (Å²) in [6, 6.07) is 10.2. The van der Waals surface area contributed by atoms with Crippen LogP contribution in [-0.2, 0) is 69.8 Å². The molecule has 4 aromatic rings. The zero-order chi connectivity index (χ0) is 44.3. The molecule has 0 bridgehead atoms. The van der Waals surface area contributed by atoms with E-state index >= 15 is 4.39 Å². The molecule has 0 fully saturated rings. The van der Waals surface area contributed by atoms with E-state index in [4.69, 9.17) is 20.2 Å². The second-order valence-corrected chi connectivity index (χ2v) is 15.4. The van der Waals surface area contributed by atoms with Crippen LogP contribution in [-0.4, -0.2) is 95.6 Å². The fraction of sp³-hybridized carbons (Fsp3) is 0.395. The molecule has 1 unspecified atom stereocenters. The SMILES string of the molecule is CC[C@@]1(O)C(=O)OCc2c1cc1n(c2=O)Cc2c-1nc1cc(F)c(C)c3c1c2[C@@H](NC(=O)COCCNC(=O)CNC(=O)C(Cc1ccccc1)NC(=O)CNC(=O)CN)CC3. The highest BCUT2D eigenvalue weighted by atomic mass is 19.1. The number of carbonyl (C=O) groups excluding carboxylic acids is 6. The Labute approximate surface area is 354 Å². The average molecular weight is 855 g/mol. The molecular weight excluding hydrogens is 808 g/mol. The van der Waals surface area contributed by atoms with E-state index in [0.717, 1.165) is 11.1 Å². The lowest BCUT2D eigenvalue weighted by Crippen LogP contribution is -2.52. The Morgan fingerprint density at radius 3 is 2.52 bits per heavy atom. The summed E-state index contributed by atoms with van der Waals surface area (Å²) in [4.78, 5) is 94.3. The van der Waals surface area contributed by atoms with Gasteiger partial charge in [0, 0.05) is 35.5 Å². The zero-order valence-electron chi connectivity index (χ0n) is 34.2. The van der Waals surface area contributed by atoms with Gasteiger partial charge in [-0.2, -0.15) is 0 Å². The highest BCUT2D eigenvalue weighted by Crippen LogP contribution is 2.46. The molecule has 326 valence electrons. The molecule has 3 aliphatic rings. The number of aliphatic hydroxyl groups is 1. The number of rotatable bonds is 16. The van der Waals surface area contributed by atoms with Gasteiger partial charge in [-0.1, -0.05) is 37.3 Å². The number of aryl methyl sites for hydroxylation is 1. The van der Waals surface area contributed by atoms with Crippen LogP contribution in [0.3, 0.4) is 0 Å². The standard InChI is InChI=1S/C43H47FN8O10/c1-3-43(60)27-14-32-39-25(19-52(32)41(58)26(27)20-62-42(43)59)38-29(10-9-24-22(2)28(44)15-30(51-39)37(24)38)49-36(56)21-61-12-11-46-34(54)17-48-40(57)31(13-23-7-5-4-6-8-23)50-35(55)18-47-33(53)16-45/h4-8,14-15,29,31,60H,3,9-13,16-21,45H2,1-2H3,(H,46,54)(H,47,53)(H,48,57)(H,49,56)(H,50,55)/t29-,31?,43-/m0/s1. The third kappa shape index (κ3) is 8.63. The first-order chi connectivity index (χ1) is 29.7. The summed E-state index contributed by atoms with van der Waals surface area (Å²) in [5.74, 6) is -4.08. The van der Waals surface area contributed by atoms with Gasteiger partial charge in [0.15, 0.2) is 5.60 Å². The lowest BCUT2D eigenvalue weighted by molar-refractivity contribution is -0.172. The quantitative estimate of drug-likeness (QED) is 0.0498. The van der Waals surface area contributed by atoms with E-state index in [1.165, 1.54) is 10.6 Å². The molecule has 8 N–H and O–H groups in total. The summed E-state index contributed by atoms with van der Waals surface area (Å²) in [7, 11) is 0. The molecule has 2 aliphatic heterocycles. The monoisotopic (exact) mass is 854 g/mol. The number of benzene rings is 2. The Hall–Kier alpha value is -6.57. The molecule has 62 heavy (non-hydrogen) atoms. The Balaban J connectivity index is 0.970. The van der Waals surface area contributed by atoms with E-state index < -0.39 is 71.1 Å². The van der Waals surface area contributed by atoms with Crippen molar-refractivity contribution in [1.29, 1.82) is 0 Å². The molecule has 0 saturated heterocycles. The van der Waals surface area contributed by atoms with Crippen molar-refractivity contribution in [2.75, 3.05) is 39.4 Å². The van der Waals surface area contributed by atoms with Gasteiger partial charge < -0.3 is 51.5 Å². The van der Waals surface area contributed by atoms with E-state index in [9.17, 15) is 38.7 Å². The minimum Gasteiger partial charge on any atom is -0.458 e. The Kier molecular flexibility index (Phi) is 12.8. The number of amides is 5. The van der Waals surface area contributed by atoms with E-state index in [1.807, 2.05) is 0 Å². The fourth-order valence-corrected chi connectivity index (χ4v) is 8.27. The van der Waals surface area contributed by atoms with Gasteiger partial charge in [0.05, 0.1) is 61.3 Å². The average Bonchev–Trinajstić information content (AvgIpc) is 3.64. The third-order valence-electron chi connectivity index (χ3n) is 11.5. The van der Waals surface area contributed by atoms with Gasteiger partial charge in [-0.3, -0.25) is 28.8 Å². The Morgan fingerprint density at radius 1 is 1.02 bits per heavy atom. The van der Waals surface area contributed by atoms with Crippen molar-refractivity contribution >= 4 is 46.4 Å². The summed E-state index contributed by atoms with van der Waals surface area (Å²) in [5.41, 5.74) is 7.50. The molecule has 2 aromatic heterocycles. The minimum atomic E-state index is -2.03. The predicted octanol–water partition coefficient (Wildman–Crippen LogP) is -0.318. The summed E-state index contributed by atoms with van der Waals surface area (Å²) < 4.78 is 27.5. The lowest BCUT2D eigenvalue weighted by Gasteiger charge is -2.31. The summed E-state index contributed by atoms with van der Waals surface area (Å²) >= 11 is 0. The largest absolute Gasteiger partial charge is 0.458 e. The second kappa shape index (κ2) is 18.2. The highest BCUT2D eigenvalue weighted by molar-refractivity contribution is 5.94. The molecule has 19 heteroatoms. The molecule has 0 saturated carbocycles. The van der Waals surface area contributed by atoms with Crippen LogP contribution in [0.2, 0.25) is 0 Å². The summed E-state index contributed by atoms with van der Waals surface area (Å²) in [6.45, 7) is 1.59. The van der Waals surface area contributed by atoms with Gasteiger partial charge in [-0.25, -0.2) is 14.2 Å². The minimum absolute atomic E-state index is 0.00785. The van der Waals surface area contributed by atoms with E-state index in [0.29, 0.717) is 51.8 Å². The van der Waals surface area contributed by atoms with E-state index in [-0.39, 0.29) is 70.0 Å². The molecule has 1 aliphatic carbocycles. The molecule has 3 atom stereocenters. The highest BCUT2D eigenvalue weighted by Gasteiger charge is 2.46. The lowest BCUT2D eigenvalue weighted by atomic mass is 9.81. The number of esters is 1. The van der Waals surface area contributed by atoms with Gasteiger partial charge in [0.2, 0.25) is 29.5 Å². The Morgan fingerprint density at radius 2 is 1.77 bits per heavy atom. The van der Waals surface area contributed by atoms with E-state index in [1.54, 1.807) is 50.2 Å². The number of fused-ring (bicyclic) bond motifs is 5. The molecule has 5 amide bonds. The smallest absolute Gasteiger partial charge is 0.343 e. The van der Waals surface area contributed by atoms with Gasteiger partial charge in [0.1, 0.15) is 25.1 Å². The van der Waals surface area contributed by atoms with Crippen LogP contribution in [0.5, 0.6) is 0 Å². The number of hydrogen-bond donors (Lipinski definition) is 7.